The summed E-state index contributed by atoms with van der Waals surface area (Å²) in [6, 6.07) is 23.6. The van der Waals surface area contributed by atoms with Crippen molar-refractivity contribution in [3.05, 3.63) is 96.6 Å². The van der Waals surface area contributed by atoms with Crippen LogP contribution in [0.1, 0.15) is 16.8 Å². The molecule has 5 heteroatoms. The van der Waals surface area contributed by atoms with Crippen molar-refractivity contribution >= 4 is 23.5 Å². The summed E-state index contributed by atoms with van der Waals surface area (Å²) in [5.74, 6) is -0.690. The van der Waals surface area contributed by atoms with Gasteiger partial charge in [0.2, 0.25) is 11.8 Å². The molecule has 1 aliphatic heterocycles. The molecule has 2 aliphatic carbocycles. The number of amides is 2. The maximum Gasteiger partial charge on any atom is 0.343 e. The molecule has 33 heavy (non-hydrogen) atoms. The Morgan fingerprint density at radius 3 is 2.18 bits per heavy atom. The lowest BCUT2D eigenvalue weighted by molar-refractivity contribution is -0.123. The molecule has 1 saturated carbocycles. The summed E-state index contributed by atoms with van der Waals surface area (Å²) in [7, 11) is 0. The number of anilines is 1. The molecule has 0 spiro atoms. The number of carbonyl (C=O) groups is 3. The second-order valence-electron chi connectivity index (χ2n) is 8.81. The van der Waals surface area contributed by atoms with Crippen molar-refractivity contribution in [1.82, 2.24) is 0 Å². The number of carbonyl (C=O) groups excluding carboxylic acids is 3. The van der Waals surface area contributed by atoms with Crippen LogP contribution in [0.4, 0.5) is 5.69 Å². The zero-order valence-corrected chi connectivity index (χ0v) is 17.8. The average molecular weight is 435 g/mol. The molecule has 5 nitrogen and oxygen atoms in total. The molecule has 2 bridgehead atoms. The van der Waals surface area contributed by atoms with Crippen LogP contribution >= 0.6 is 0 Å². The second-order valence-corrected chi connectivity index (χ2v) is 8.81. The number of esters is 1. The molecular weight excluding hydrogens is 414 g/mol. The van der Waals surface area contributed by atoms with Gasteiger partial charge in [0, 0.05) is 5.56 Å². The summed E-state index contributed by atoms with van der Waals surface area (Å²) >= 11 is 0. The number of ether oxygens (including phenoxy) is 1. The number of nitrogens with zero attached hydrogens (tertiary/aromatic N) is 1. The third-order valence-electron chi connectivity index (χ3n) is 6.98. The molecule has 162 valence electrons. The minimum atomic E-state index is -0.541. The molecular formula is C28H21NO4. The Bertz CT molecular complexity index is 1280. The third-order valence-corrected chi connectivity index (χ3v) is 6.98. The van der Waals surface area contributed by atoms with Gasteiger partial charge in [0.05, 0.1) is 23.1 Å². The first kappa shape index (κ1) is 19.7. The first-order valence-corrected chi connectivity index (χ1v) is 11.1. The molecule has 1 heterocycles. The van der Waals surface area contributed by atoms with Gasteiger partial charge in [0.1, 0.15) is 5.75 Å². The van der Waals surface area contributed by atoms with Crippen molar-refractivity contribution in [2.75, 3.05) is 4.90 Å². The maximum atomic E-state index is 13.1. The largest absolute Gasteiger partial charge is 0.422 e. The summed E-state index contributed by atoms with van der Waals surface area (Å²) in [6.07, 6.45) is 5.02. The summed E-state index contributed by atoms with van der Waals surface area (Å²) in [5.41, 5.74) is 2.46. The van der Waals surface area contributed by atoms with Crippen LogP contribution in [0, 0.1) is 23.7 Å². The first-order valence-electron chi connectivity index (χ1n) is 11.1. The molecule has 2 amide bonds. The highest BCUT2D eigenvalue weighted by molar-refractivity contribution is 6.23. The standard InChI is InChI=1S/C28H21NO4/c30-26-24-18-13-14-19(15-18)25(24)27(31)29(26)21-10-6-9-20(16-21)28(32)33-23-12-5-4-11-22(23)17-7-2-1-3-8-17/h1-14,16,18-19,24-25H,15H2/t18-,19-,24-,25+/m0/s1. The smallest absolute Gasteiger partial charge is 0.343 e. The molecule has 3 aromatic carbocycles. The zero-order chi connectivity index (χ0) is 22.5. The molecule has 0 aromatic heterocycles. The predicted octanol–water partition coefficient (Wildman–Crippen LogP) is 4.88. The number of hydrogen-bond acceptors (Lipinski definition) is 4. The van der Waals surface area contributed by atoms with Crippen molar-refractivity contribution in [2.24, 2.45) is 23.7 Å². The Kier molecular flexibility index (Phi) is 4.50. The van der Waals surface area contributed by atoms with Crippen LogP contribution < -0.4 is 9.64 Å². The van der Waals surface area contributed by atoms with E-state index in [9.17, 15) is 14.4 Å². The summed E-state index contributed by atoms with van der Waals surface area (Å²) in [5, 5.41) is 0. The quantitative estimate of drug-likeness (QED) is 0.254. The Morgan fingerprint density at radius 1 is 0.788 bits per heavy atom. The van der Waals surface area contributed by atoms with E-state index in [-0.39, 0.29) is 41.0 Å². The number of imide groups is 1. The Balaban J connectivity index is 1.27. The van der Waals surface area contributed by atoms with E-state index < -0.39 is 5.97 Å². The monoisotopic (exact) mass is 435 g/mol. The van der Waals surface area contributed by atoms with E-state index in [1.807, 2.05) is 48.5 Å². The van der Waals surface area contributed by atoms with Crippen LogP contribution in [0.2, 0.25) is 0 Å². The molecule has 1 saturated heterocycles. The van der Waals surface area contributed by atoms with E-state index >= 15 is 0 Å². The lowest BCUT2D eigenvalue weighted by Gasteiger charge is -2.18. The lowest BCUT2D eigenvalue weighted by Crippen LogP contribution is -2.33. The second kappa shape index (κ2) is 7.55. The van der Waals surface area contributed by atoms with Gasteiger partial charge in [-0.3, -0.25) is 9.59 Å². The fraction of sp³-hybridized carbons (Fsp3) is 0.179. The van der Waals surface area contributed by atoms with Gasteiger partial charge in [-0.2, -0.15) is 0 Å². The van der Waals surface area contributed by atoms with Crippen molar-refractivity contribution in [1.29, 1.82) is 0 Å². The minimum absolute atomic E-state index is 0.143. The van der Waals surface area contributed by atoms with Crippen LogP contribution in [-0.2, 0) is 9.59 Å². The van der Waals surface area contributed by atoms with Gasteiger partial charge in [-0.1, -0.05) is 66.7 Å². The molecule has 4 atom stereocenters. The number of allylic oxidation sites excluding steroid dienone is 2. The highest BCUT2D eigenvalue weighted by atomic mass is 16.5. The first-order chi connectivity index (χ1) is 16.1. The van der Waals surface area contributed by atoms with Crippen LogP contribution in [0.3, 0.4) is 0 Å². The SMILES string of the molecule is O=C(Oc1ccccc1-c1ccccc1)c1cccc(N2C(=O)[C@@H]3[C@H](C2=O)[C@H]2C=C[C@H]3C2)c1. The molecule has 0 unspecified atom stereocenters. The van der Waals surface area contributed by atoms with Gasteiger partial charge >= 0.3 is 5.97 Å². The molecule has 6 rings (SSSR count). The van der Waals surface area contributed by atoms with Crippen LogP contribution in [0.5, 0.6) is 5.75 Å². The van der Waals surface area contributed by atoms with Crippen molar-refractivity contribution in [3.63, 3.8) is 0 Å². The Morgan fingerprint density at radius 2 is 1.45 bits per heavy atom. The Labute approximate surface area is 191 Å². The molecule has 2 fully saturated rings. The number of hydrogen-bond donors (Lipinski definition) is 0. The summed E-state index contributed by atoms with van der Waals surface area (Å²) < 4.78 is 5.74. The van der Waals surface area contributed by atoms with E-state index in [2.05, 4.69) is 12.2 Å². The van der Waals surface area contributed by atoms with Crippen LogP contribution in [0.15, 0.2) is 91.0 Å². The van der Waals surface area contributed by atoms with E-state index in [4.69, 9.17) is 4.74 Å². The van der Waals surface area contributed by atoms with E-state index in [0.717, 1.165) is 17.5 Å². The summed E-state index contributed by atoms with van der Waals surface area (Å²) in [6.45, 7) is 0. The lowest BCUT2D eigenvalue weighted by atomic mass is 9.85. The van der Waals surface area contributed by atoms with E-state index in [0.29, 0.717) is 11.4 Å². The van der Waals surface area contributed by atoms with E-state index in [1.165, 1.54) is 4.90 Å². The van der Waals surface area contributed by atoms with Crippen LogP contribution in [0.25, 0.3) is 11.1 Å². The van der Waals surface area contributed by atoms with Crippen molar-refractivity contribution in [3.8, 4) is 16.9 Å². The predicted molar refractivity (Wildman–Crippen MR) is 123 cm³/mol. The Hall–Kier alpha value is -3.99. The topological polar surface area (TPSA) is 63.7 Å². The molecule has 3 aromatic rings. The van der Waals surface area contributed by atoms with Gasteiger partial charge in [-0.25, -0.2) is 9.69 Å². The van der Waals surface area contributed by atoms with Crippen LogP contribution in [-0.4, -0.2) is 17.8 Å². The fourth-order valence-corrected chi connectivity index (χ4v) is 5.50. The summed E-state index contributed by atoms with van der Waals surface area (Å²) in [4.78, 5) is 40.5. The fourth-order valence-electron chi connectivity index (χ4n) is 5.50. The average Bonchev–Trinajstić information content (AvgIpc) is 3.53. The normalized spacial score (nSPS) is 24.9. The number of para-hydroxylation sites is 1. The highest BCUT2D eigenvalue weighted by Gasteiger charge is 2.59. The third kappa shape index (κ3) is 3.11. The maximum absolute atomic E-state index is 13.1. The minimum Gasteiger partial charge on any atom is -0.422 e. The number of benzene rings is 3. The van der Waals surface area contributed by atoms with Gasteiger partial charge in [-0.15, -0.1) is 0 Å². The van der Waals surface area contributed by atoms with Crippen molar-refractivity contribution < 1.29 is 19.1 Å². The van der Waals surface area contributed by atoms with E-state index in [1.54, 1.807) is 30.3 Å². The molecule has 0 N–H and O–H groups in total. The van der Waals surface area contributed by atoms with Gasteiger partial charge < -0.3 is 4.74 Å². The van der Waals surface area contributed by atoms with Crippen molar-refractivity contribution in [2.45, 2.75) is 6.42 Å². The van der Waals surface area contributed by atoms with Gasteiger partial charge in [-0.05, 0) is 48.1 Å². The molecule has 0 radical (unpaired) electrons. The number of fused-ring (bicyclic) bond motifs is 5. The van der Waals surface area contributed by atoms with Gasteiger partial charge in [0.15, 0.2) is 0 Å². The zero-order valence-electron chi connectivity index (χ0n) is 17.8. The number of rotatable bonds is 4. The van der Waals surface area contributed by atoms with Gasteiger partial charge in [0.25, 0.3) is 0 Å². The molecule has 3 aliphatic rings. The highest BCUT2D eigenvalue weighted by Crippen LogP contribution is 2.53.